The van der Waals surface area contributed by atoms with E-state index in [1.165, 1.54) is 0 Å². The Balaban J connectivity index is 1.84. The first kappa shape index (κ1) is 11.7. The van der Waals surface area contributed by atoms with Crippen LogP contribution in [0.15, 0.2) is 12.5 Å². The van der Waals surface area contributed by atoms with Gasteiger partial charge in [-0.1, -0.05) is 0 Å². The first-order valence-corrected chi connectivity index (χ1v) is 6.56. The molecule has 2 aromatic rings. The van der Waals surface area contributed by atoms with Gasteiger partial charge in [-0.15, -0.1) is 11.6 Å². The third kappa shape index (κ3) is 1.92. The summed E-state index contributed by atoms with van der Waals surface area (Å²) in [6.45, 7) is 0.990. The largest absolute Gasteiger partial charge is 0.359 e. The van der Waals surface area contributed by atoms with E-state index in [1.807, 2.05) is 13.2 Å². The minimum Gasteiger partial charge on any atom is -0.359 e. The predicted octanol–water partition coefficient (Wildman–Crippen LogP) is 1.82. The van der Waals surface area contributed by atoms with Crippen molar-refractivity contribution in [3.63, 3.8) is 0 Å². The van der Waals surface area contributed by atoms with Crippen LogP contribution in [0.4, 0.5) is 5.82 Å². The second-order valence-electron chi connectivity index (χ2n) is 5.02. The van der Waals surface area contributed by atoms with E-state index < -0.39 is 0 Å². The number of halogens is 1. The van der Waals surface area contributed by atoms with Crippen LogP contribution in [-0.2, 0) is 7.05 Å². The molecule has 5 nitrogen and oxygen atoms in total. The van der Waals surface area contributed by atoms with Crippen LogP contribution in [0.3, 0.4) is 0 Å². The van der Waals surface area contributed by atoms with Crippen molar-refractivity contribution in [3.8, 4) is 0 Å². The molecule has 0 atom stereocenters. The molecule has 3 rings (SSSR count). The van der Waals surface area contributed by atoms with Gasteiger partial charge in [-0.05, 0) is 18.8 Å². The Morgan fingerprint density at radius 2 is 2.22 bits per heavy atom. The standard InChI is InChI=1S/C12H16ClN5/c1-17(6-8-3-9(13)4-8)11-10-5-16-18(2)12(10)15-7-14-11/h5,7-9H,3-4,6H2,1-2H3. The molecule has 0 N–H and O–H groups in total. The van der Waals surface area contributed by atoms with E-state index in [9.17, 15) is 0 Å². The number of anilines is 1. The maximum Gasteiger partial charge on any atom is 0.163 e. The van der Waals surface area contributed by atoms with Crippen LogP contribution < -0.4 is 4.90 Å². The summed E-state index contributed by atoms with van der Waals surface area (Å²) in [4.78, 5) is 10.8. The highest BCUT2D eigenvalue weighted by Gasteiger charge is 2.28. The van der Waals surface area contributed by atoms with Crippen LogP contribution >= 0.6 is 11.6 Å². The molecule has 0 aliphatic heterocycles. The third-order valence-corrected chi connectivity index (χ3v) is 3.94. The third-order valence-electron chi connectivity index (χ3n) is 3.58. The van der Waals surface area contributed by atoms with E-state index in [-0.39, 0.29) is 0 Å². The molecule has 6 heteroatoms. The fourth-order valence-electron chi connectivity index (χ4n) is 2.53. The van der Waals surface area contributed by atoms with Gasteiger partial charge in [-0.3, -0.25) is 4.68 Å². The van der Waals surface area contributed by atoms with Crippen LogP contribution in [0.25, 0.3) is 11.0 Å². The lowest BCUT2D eigenvalue weighted by Gasteiger charge is -2.34. The minimum absolute atomic E-state index is 0.368. The maximum absolute atomic E-state index is 6.01. The molecule has 0 aromatic carbocycles. The average Bonchev–Trinajstić information content (AvgIpc) is 2.69. The molecular weight excluding hydrogens is 250 g/mol. The van der Waals surface area contributed by atoms with Crippen molar-refractivity contribution in [2.75, 3.05) is 18.5 Å². The molecule has 1 aliphatic carbocycles. The zero-order chi connectivity index (χ0) is 12.7. The van der Waals surface area contributed by atoms with Gasteiger partial charge in [-0.25, -0.2) is 9.97 Å². The molecule has 0 unspecified atom stereocenters. The topological polar surface area (TPSA) is 46.8 Å². The van der Waals surface area contributed by atoms with Crippen molar-refractivity contribution < 1.29 is 0 Å². The van der Waals surface area contributed by atoms with Crippen molar-refractivity contribution in [3.05, 3.63) is 12.5 Å². The summed E-state index contributed by atoms with van der Waals surface area (Å²) in [6.07, 6.45) is 5.63. The molecule has 0 saturated heterocycles. The number of hydrogen-bond donors (Lipinski definition) is 0. The molecule has 18 heavy (non-hydrogen) atoms. The van der Waals surface area contributed by atoms with Crippen molar-refractivity contribution in [1.29, 1.82) is 0 Å². The lowest BCUT2D eigenvalue weighted by Crippen LogP contribution is -2.35. The van der Waals surface area contributed by atoms with Crippen molar-refractivity contribution in [2.24, 2.45) is 13.0 Å². The van der Waals surface area contributed by atoms with Gasteiger partial charge >= 0.3 is 0 Å². The summed E-state index contributed by atoms with van der Waals surface area (Å²) in [6, 6.07) is 0. The summed E-state index contributed by atoms with van der Waals surface area (Å²) in [7, 11) is 3.96. The van der Waals surface area contributed by atoms with Gasteiger partial charge in [-0.2, -0.15) is 5.10 Å². The smallest absolute Gasteiger partial charge is 0.163 e. The van der Waals surface area contributed by atoms with Gasteiger partial charge < -0.3 is 4.90 Å². The molecule has 1 saturated carbocycles. The summed E-state index contributed by atoms with van der Waals surface area (Å²) < 4.78 is 1.77. The predicted molar refractivity (Wildman–Crippen MR) is 71.9 cm³/mol. The van der Waals surface area contributed by atoms with Gasteiger partial charge in [0, 0.05) is 26.0 Å². The fourth-order valence-corrected chi connectivity index (χ4v) is 3.04. The van der Waals surface area contributed by atoms with E-state index in [4.69, 9.17) is 11.6 Å². The maximum atomic E-state index is 6.01. The number of nitrogens with zero attached hydrogens (tertiary/aromatic N) is 5. The second kappa shape index (κ2) is 4.39. The summed E-state index contributed by atoms with van der Waals surface area (Å²) in [5, 5.41) is 5.60. The zero-order valence-corrected chi connectivity index (χ0v) is 11.3. The SMILES string of the molecule is CN(CC1CC(Cl)C1)c1ncnc2c1cnn2C. The van der Waals surface area contributed by atoms with Crippen LogP contribution in [0.1, 0.15) is 12.8 Å². The van der Waals surface area contributed by atoms with E-state index in [0.29, 0.717) is 11.3 Å². The average molecular weight is 266 g/mol. The van der Waals surface area contributed by atoms with Crippen LogP contribution in [0.5, 0.6) is 0 Å². The Morgan fingerprint density at radius 1 is 1.44 bits per heavy atom. The lowest BCUT2D eigenvalue weighted by atomic mass is 9.84. The Kier molecular flexibility index (Phi) is 2.86. The lowest BCUT2D eigenvalue weighted by molar-refractivity contribution is 0.329. The Bertz CT molecular complexity index is 561. The number of rotatable bonds is 3. The number of aryl methyl sites for hydroxylation is 1. The molecule has 2 aromatic heterocycles. The van der Waals surface area contributed by atoms with Gasteiger partial charge in [0.15, 0.2) is 5.65 Å². The molecule has 0 spiro atoms. The van der Waals surface area contributed by atoms with Crippen molar-refractivity contribution in [1.82, 2.24) is 19.7 Å². The monoisotopic (exact) mass is 265 g/mol. The van der Waals surface area contributed by atoms with Gasteiger partial charge in [0.2, 0.25) is 0 Å². The first-order valence-electron chi connectivity index (χ1n) is 6.13. The molecule has 0 radical (unpaired) electrons. The highest BCUT2D eigenvalue weighted by molar-refractivity contribution is 6.21. The van der Waals surface area contributed by atoms with Crippen molar-refractivity contribution >= 4 is 28.5 Å². The minimum atomic E-state index is 0.368. The molecule has 1 fully saturated rings. The van der Waals surface area contributed by atoms with Gasteiger partial charge in [0.05, 0.1) is 11.6 Å². The van der Waals surface area contributed by atoms with Crippen LogP contribution in [0.2, 0.25) is 0 Å². The fraction of sp³-hybridized carbons (Fsp3) is 0.583. The van der Waals surface area contributed by atoms with E-state index in [2.05, 4.69) is 27.0 Å². The number of alkyl halides is 1. The molecular formula is C12H16ClN5. The van der Waals surface area contributed by atoms with E-state index >= 15 is 0 Å². The van der Waals surface area contributed by atoms with Crippen molar-refractivity contribution in [2.45, 2.75) is 18.2 Å². The first-order chi connectivity index (χ1) is 8.65. The second-order valence-corrected chi connectivity index (χ2v) is 5.64. The summed E-state index contributed by atoms with van der Waals surface area (Å²) >= 11 is 6.01. The molecule has 96 valence electrons. The Morgan fingerprint density at radius 3 is 2.94 bits per heavy atom. The Hall–Kier alpha value is -1.36. The highest BCUT2D eigenvalue weighted by atomic mass is 35.5. The number of aromatic nitrogens is 4. The molecule has 0 bridgehead atoms. The molecule has 1 aliphatic rings. The number of hydrogen-bond acceptors (Lipinski definition) is 4. The van der Waals surface area contributed by atoms with Gasteiger partial charge in [0.25, 0.3) is 0 Å². The van der Waals surface area contributed by atoms with E-state index in [0.717, 1.165) is 36.2 Å². The Labute approximate surface area is 111 Å². The van der Waals surface area contributed by atoms with Gasteiger partial charge in [0.1, 0.15) is 12.1 Å². The van der Waals surface area contributed by atoms with Crippen LogP contribution in [-0.4, -0.2) is 38.7 Å². The van der Waals surface area contributed by atoms with E-state index in [1.54, 1.807) is 11.0 Å². The summed E-state index contributed by atoms with van der Waals surface area (Å²) in [5.74, 6) is 1.63. The number of fused-ring (bicyclic) bond motifs is 1. The summed E-state index contributed by atoms with van der Waals surface area (Å²) in [5.41, 5.74) is 0.871. The molecule has 2 heterocycles. The van der Waals surface area contributed by atoms with Crippen LogP contribution in [0, 0.1) is 5.92 Å². The normalized spacial score (nSPS) is 23.1. The molecule has 0 amide bonds. The quantitative estimate of drug-likeness (QED) is 0.795. The zero-order valence-electron chi connectivity index (χ0n) is 10.5. The highest BCUT2D eigenvalue weighted by Crippen LogP contribution is 2.33.